The van der Waals surface area contributed by atoms with E-state index in [1.165, 1.54) is 31.2 Å². The molecule has 0 radical (unpaired) electrons. The second kappa shape index (κ2) is 7.71. The highest BCUT2D eigenvalue weighted by Crippen LogP contribution is 2.25. The van der Waals surface area contributed by atoms with Gasteiger partial charge >= 0.3 is 12.6 Å². The quantitative estimate of drug-likeness (QED) is 0.763. The predicted molar refractivity (Wildman–Crippen MR) is 78.4 cm³/mol. The zero-order valence-corrected chi connectivity index (χ0v) is 12.8. The van der Waals surface area contributed by atoms with Gasteiger partial charge in [-0.3, -0.25) is 9.59 Å². The number of esters is 1. The van der Waals surface area contributed by atoms with Gasteiger partial charge in [0, 0.05) is 6.42 Å². The van der Waals surface area contributed by atoms with Gasteiger partial charge in [0.2, 0.25) is 5.91 Å². The van der Waals surface area contributed by atoms with Gasteiger partial charge in [-0.05, 0) is 25.5 Å². The largest absolute Gasteiger partial charge is 0.451 e. The first-order chi connectivity index (χ1) is 11.4. The van der Waals surface area contributed by atoms with Gasteiger partial charge in [0.15, 0.2) is 6.10 Å². The highest BCUT2D eigenvalue weighted by molar-refractivity contribution is 5.97. The summed E-state index contributed by atoms with van der Waals surface area (Å²) in [5.41, 5.74) is 0.0277. The zero-order valence-electron chi connectivity index (χ0n) is 12.8. The van der Waals surface area contributed by atoms with E-state index in [0.717, 1.165) is 0 Å². The van der Waals surface area contributed by atoms with E-state index in [-0.39, 0.29) is 23.8 Å². The summed E-state index contributed by atoms with van der Waals surface area (Å²) < 4.78 is 33.9. The number of hydrogen-bond acceptors (Lipinski definition) is 5. The van der Waals surface area contributed by atoms with E-state index >= 15 is 0 Å². The summed E-state index contributed by atoms with van der Waals surface area (Å²) in [6.45, 7) is -1.70. The van der Waals surface area contributed by atoms with Gasteiger partial charge in [0.1, 0.15) is 11.8 Å². The lowest BCUT2D eigenvalue weighted by atomic mass is 10.2. The molecule has 1 heterocycles. The molecule has 0 aliphatic carbocycles. The molecule has 1 aliphatic heterocycles. The number of carbonyl (C=O) groups excluding carboxylic acids is 3. The van der Waals surface area contributed by atoms with Crippen molar-refractivity contribution in [3.8, 4) is 5.75 Å². The van der Waals surface area contributed by atoms with Gasteiger partial charge in [-0.1, -0.05) is 12.1 Å². The van der Waals surface area contributed by atoms with Crippen molar-refractivity contribution in [2.45, 2.75) is 38.5 Å². The number of hydrogen-bond donors (Lipinski definition) is 2. The Balaban J connectivity index is 1.94. The number of halogens is 2. The van der Waals surface area contributed by atoms with Crippen molar-refractivity contribution in [2.75, 3.05) is 5.32 Å². The maximum Gasteiger partial charge on any atom is 0.387 e. The van der Waals surface area contributed by atoms with E-state index in [1.807, 2.05) is 0 Å². The number of anilines is 1. The Morgan fingerprint density at radius 2 is 2.04 bits per heavy atom. The monoisotopic (exact) mass is 342 g/mol. The van der Waals surface area contributed by atoms with Crippen molar-refractivity contribution in [3.05, 3.63) is 24.3 Å². The molecule has 0 saturated carbocycles. The molecule has 0 unspecified atom stereocenters. The summed E-state index contributed by atoms with van der Waals surface area (Å²) in [4.78, 5) is 34.9. The van der Waals surface area contributed by atoms with Crippen molar-refractivity contribution >= 4 is 23.5 Å². The molecule has 130 valence electrons. The first-order valence-corrected chi connectivity index (χ1v) is 7.21. The number of benzene rings is 1. The van der Waals surface area contributed by atoms with Crippen LogP contribution in [0.3, 0.4) is 0 Å². The molecule has 7 nitrogen and oxygen atoms in total. The Labute approximate surface area is 136 Å². The second-order valence-corrected chi connectivity index (χ2v) is 5.10. The molecule has 1 aliphatic rings. The van der Waals surface area contributed by atoms with E-state index in [0.29, 0.717) is 6.42 Å². The normalized spacial score (nSPS) is 18.0. The molecule has 0 bridgehead atoms. The van der Waals surface area contributed by atoms with Crippen molar-refractivity contribution in [2.24, 2.45) is 0 Å². The fraction of sp³-hybridized carbons (Fsp3) is 0.400. The van der Waals surface area contributed by atoms with Gasteiger partial charge in [-0.25, -0.2) is 4.79 Å². The van der Waals surface area contributed by atoms with E-state index in [4.69, 9.17) is 4.74 Å². The number of carbonyl (C=O) groups is 3. The summed E-state index contributed by atoms with van der Waals surface area (Å²) in [5, 5.41) is 4.79. The lowest BCUT2D eigenvalue weighted by Crippen LogP contribution is -2.39. The van der Waals surface area contributed by atoms with Crippen molar-refractivity contribution in [1.82, 2.24) is 5.32 Å². The minimum Gasteiger partial charge on any atom is -0.451 e. The third kappa shape index (κ3) is 4.64. The highest BCUT2D eigenvalue weighted by atomic mass is 19.3. The summed E-state index contributed by atoms with van der Waals surface area (Å²) >= 11 is 0. The molecule has 2 rings (SSSR count). The van der Waals surface area contributed by atoms with Gasteiger partial charge < -0.3 is 20.1 Å². The van der Waals surface area contributed by atoms with Crippen LogP contribution in [0.4, 0.5) is 14.5 Å². The molecule has 1 aromatic rings. The van der Waals surface area contributed by atoms with E-state index < -0.39 is 30.6 Å². The fourth-order valence-corrected chi connectivity index (χ4v) is 2.10. The Kier molecular flexibility index (Phi) is 5.67. The molecule has 24 heavy (non-hydrogen) atoms. The molecule has 2 amide bonds. The average Bonchev–Trinajstić information content (AvgIpc) is 2.95. The van der Waals surface area contributed by atoms with Gasteiger partial charge in [-0.2, -0.15) is 8.78 Å². The second-order valence-electron chi connectivity index (χ2n) is 5.10. The van der Waals surface area contributed by atoms with Crippen LogP contribution in [0.2, 0.25) is 0 Å². The molecule has 9 heteroatoms. The lowest BCUT2D eigenvalue weighted by Gasteiger charge is -2.17. The number of para-hydroxylation sites is 2. The average molecular weight is 342 g/mol. The Morgan fingerprint density at radius 3 is 2.67 bits per heavy atom. The SMILES string of the molecule is C[C@H](OC(=O)[C@H]1CCC(=O)N1)C(=O)Nc1ccccc1OC(F)F. The fourth-order valence-electron chi connectivity index (χ4n) is 2.10. The summed E-state index contributed by atoms with van der Waals surface area (Å²) in [7, 11) is 0. The number of rotatable bonds is 6. The minimum atomic E-state index is -3.04. The first kappa shape index (κ1) is 17.6. The van der Waals surface area contributed by atoms with Crippen molar-refractivity contribution in [3.63, 3.8) is 0 Å². The van der Waals surface area contributed by atoms with Crippen LogP contribution in [0, 0.1) is 0 Å². The van der Waals surface area contributed by atoms with Crippen LogP contribution in [-0.2, 0) is 19.1 Å². The highest BCUT2D eigenvalue weighted by Gasteiger charge is 2.31. The number of amides is 2. The van der Waals surface area contributed by atoms with Crippen LogP contribution in [0.1, 0.15) is 19.8 Å². The summed E-state index contributed by atoms with van der Waals surface area (Å²) in [6, 6.07) is 4.87. The zero-order chi connectivity index (χ0) is 17.7. The van der Waals surface area contributed by atoms with Crippen LogP contribution in [0.25, 0.3) is 0 Å². The molecule has 1 aromatic carbocycles. The lowest BCUT2D eigenvalue weighted by molar-refractivity contribution is -0.155. The van der Waals surface area contributed by atoms with Crippen LogP contribution in [0.15, 0.2) is 24.3 Å². The van der Waals surface area contributed by atoms with Crippen LogP contribution in [-0.4, -0.2) is 36.5 Å². The topological polar surface area (TPSA) is 93.7 Å². The molecule has 2 atom stereocenters. The molecule has 1 fully saturated rings. The maximum absolute atomic E-state index is 12.3. The first-order valence-electron chi connectivity index (χ1n) is 7.21. The van der Waals surface area contributed by atoms with Crippen LogP contribution >= 0.6 is 0 Å². The van der Waals surface area contributed by atoms with E-state index in [9.17, 15) is 23.2 Å². The third-order valence-corrected chi connectivity index (χ3v) is 3.30. The number of alkyl halides is 2. The third-order valence-electron chi connectivity index (χ3n) is 3.30. The van der Waals surface area contributed by atoms with Crippen molar-refractivity contribution < 1.29 is 32.6 Å². The van der Waals surface area contributed by atoms with E-state index in [1.54, 1.807) is 0 Å². The molecule has 0 spiro atoms. The molecule has 0 aromatic heterocycles. The van der Waals surface area contributed by atoms with Gasteiger partial charge in [-0.15, -0.1) is 0 Å². The molecule has 2 N–H and O–H groups in total. The molecular weight excluding hydrogens is 326 g/mol. The van der Waals surface area contributed by atoms with Crippen LogP contribution < -0.4 is 15.4 Å². The summed E-state index contributed by atoms with van der Waals surface area (Å²) in [5.74, 6) is -1.90. The Bertz CT molecular complexity index is 638. The standard InChI is InChI=1S/C15H16F2N2O5/c1-8(23-14(22)10-6-7-12(20)18-10)13(21)19-9-4-2-3-5-11(9)24-15(16)17/h2-5,8,10,15H,6-7H2,1H3,(H,18,20)(H,19,21)/t8-,10+/m0/s1. The summed E-state index contributed by atoms with van der Waals surface area (Å²) in [6.07, 6.45) is -0.648. The maximum atomic E-state index is 12.3. The number of ether oxygens (including phenoxy) is 2. The van der Waals surface area contributed by atoms with Gasteiger partial charge in [0.05, 0.1) is 5.69 Å². The van der Waals surface area contributed by atoms with Gasteiger partial charge in [0.25, 0.3) is 5.91 Å². The van der Waals surface area contributed by atoms with Crippen molar-refractivity contribution in [1.29, 1.82) is 0 Å². The van der Waals surface area contributed by atoms with E-state index in [2.05, 4.69) is 15.4 Å². The predicted octanol–water partition coefficient (Wildman–Crippen LogP) is 1.44. The molecular formula is C15H16F2N2O5. The smallest absolute Gasteiger partial charge is 0.387 e. The van der Waals surface area contributed by atoms with Crippen LogP contribution in [0.5, 0.6) is 5.75 Å². The Hall–Kier alpha value is -2.71. The Morgan fingerprint density at radius 1 is 1.33 bits per heavy atom. The minimum absolute atomic E-state index is 0.0277. The molecule has 1 saturated heterocycles. The number of nitrogens with one attached hydrogen (secondary N) is 2.